The number of carbonyl (C=O) groups is 1. The molecule has 0 bridgehead atoms. The highest BCUT2D eigenvalue weighted by Crippen LogP contribution is 2.23. The molecule has 82 valence electrons. The van der Waals surface area contributed by atoms with E-state index in [1.165, 1.54) is 0 Å². The average molecular weight is 215 g/mol. The maximum atomic E-state index is 11.0. The molecule has 1 aliphatic heterocycles. The van der Waals surface area contributed by atoms with Crippen molar-refractivity contribution in [2.75, 3.05) is 18.0 Å². The minimum absolute atomic E-state index is 0.0457. The van der Waals surface area contributed by atoms with Crippen molar-refractivity contribution in [1.29, 1.82) is 5.26 Å². The summed E-state index contributed by atoms with van der Waals surface area (Å²) in [6, 6.07) is 9.46. The van der Waals surface area contributed by atoms with Gasteiger partial charge in [-0.05, 0) is 30.7 Å². The predicted octanol–water partition coefficient (Wildman–Crippen LogP) is 0.870. The number of benzene rings is 1. The summed E-state index contributed by atoms with van der Waals surface area (Å²) in [4.78, 5) is 13.2. The molecule has 1 saturated heterocycles. The molecule has 1 unspecified atom stereocenters. The maximum Gasteiger partial charge on any atom is 0.222 e. The molecule has 1 atom stereocenters. The van der Waals surface area contributed by atoms with Crippen LogP contribution in [-0.2, 0) is 4.79 Å². The summed E-state index contributed by atoms with van der Waals surface area (Å²) < 4.78 is 0. The van der Waals surface area contributed by atoms with Crippen LogP contribution in [0.25, 0.3) is 0 Å². The first-order valence-electron chi connectivity index (χ1n) is 5.25. The molecule has 1 aromatic rings. The first-order valence-corrected chi connectivity index (χ1v) is 5.25. The summed E-state index contributed by atoms with van der Waals surface area (Å²) in [5, 5.41) is 8.68. The second-order valence-corrected chi connectivity index (χ2v) is 3.99. The van der Waals surface area contributed by atoms with Gasteiger partial charge in [0.15, 0.2) is 0 Å². The Morgan fingerprint density at radius 1 is 1.44 bits per heavy atom. The molecule has 0 aromatic heterocycles. The van der Waals surface area contributed by atoms with Gasteiger partial charge in [0.25, 0.3) is 0 Å². The number of nitrogens with zero attached hydrogens (tertiary/aromatic N) is 2. The number of rotatable bonds is 2. The molecule has 16 heavy (non-hydrogen) atoms. The van der Waals surface area contributed by atoms with E-state index in [9.17, 15) is 4.79 Å². The van der Waals surface area contributed by atoms with E-state index in [2.05, 4.69) is 11.0 Å². The van der Waals surface area contributed by atoms with Crippen LogP contribution >= 0.6 is 0 Å². The lowest BCUT2D eigenvalue weighted by Crippen LogP contribution is -2.27. The van der Waals surface area contributed by atoms with Gasteiger partial charge >= 0.3 is 0 Å². The number of hydrogen-bond donors (Lipinski definition) is 1. The molecule has 1 heterocycles. The van der Waals surface area contributed by atoms with Gasteiger partial charge in [0, 0.05) is 18.8 Å². The van der Waals surface area contributed by atoms with E-state index in [4.69, 9.17) is 11.0 Å². The first-order chi connectivity index (χ1) is 7.70. The van der Waals surface area contributed by atoms with Crippen LogP contribution in [0, 0.1) is 17.2 Å². The van der Waals surface area contributed by atoms with Crippen molar-refractivity contribution in [1.82, 2.24) is 0 Å². The van der Waals surface area contributed by atoms with Crippen molar-refractivity contribution in [3.8, 4) is 6.07 Å². The summed E-state index contributed by atoms with van der Waals surface area (Å²) in [7, 11) is 0. The van der Waals surface area contributed by atoms with Crippen molar-refractivity contribution in [3.05, 3.63) is 29.8 Å². The number of nitrogens with two attached hydrogens (primary N) is 1. The number of nitriles is 1. The zero-order chi connectivity index (χ0) is 11.5. The molecule has 0 aliphatic carbocycles. The van der Waals surface area contributed by atoms with Crippen molar-refractivity contribution in [2.45, 2.75) is 6.42 Å². The van der Waals surface area contributed by atoms with Gasteiger partial charge in [0.2, 0.25) is 5.91 Å². The van der Waals surface area contributed by atoms with Crippen LogP contribution in [0.5, 0.6) is 0 Å². The zero-order valence-corrected chi connectivity index (χ0v) is 8.89. The molecule has 0 radical (unpaired) electrons. The van der Waals surface area contributed by atoms with Crippen molar-refractivity contribution < 1.29 is 4.79 Å². The van der Waals surface area contributed by atoms with Crippen LogP contribution in [0.4, 0.5) is 5.69 Å². The number of anilines is 1. The molecule has 0 saturated carbocycles. The molecular formula is C12H13N3O. The Hall–Kier alpha value is -2.02. The lowest BCUT2D eigenvalue weighted by Gasteiger charge is -2.17. The Labute approximate surface area is 94.3 Å². The molecule has 1 aliphatic rings. The van der Waals surface area contributed by atoms with Crippen LogP contribution in [0.1, 0.15) is 12.0 Å². The largest absolute Gasteiger partial charge is 0.371 e. The van der Waals surface area contributed by atoms with Gasteiger partial charge in [-0.3, -0.25) is 4.79 Å². The summed E-state index contributed by atoms with van der Waals surface area (Å²) in [6.45, 7) is 1.53. The van der Waals surface area contributed by atoms with Gasteiger partial charge in [-0.1, -0.05) is 0 Å². The summed E-state index contributed by atoms with van der Waals surface area (Å²) in [5.74, 6) is -0.271. The second-order valence-electron chi connectivity index (χ2n) is 3.99. The second kappa shape index (κ2) is 4.23. The van der Waals surface area contributed by atoms with Crippen LogP contribution < -0.4 is 10.6 Å². The van der Waals surface area contributed by atoms with E-state index in [0.717, 1.165) is 18.7 Å². The number of amides is 1. The Morgan fingerprint density at radius 3 is 2.62 bits per heavy atom. The summed E-state index contributed by atoms with van der Waals surface area (Å²) in [5.41, 5.74) is 6.97. The highest BCUT2D eigenvalue weighted by molar-refractivity contribution is 5.78. The molecular weight excluding hydrogens is 202 g/mol. The molecule has 1 aromatic carbocycles. The molecule has 1 fully saturated rings. The minimum atomic E-state index is -0.226. The van der Waals surface area contributed by atoms with Crippen molar-refractivity contribution >= 4 is 11.6 Å². The molecule has 4 heteroatoms. The smallest absolute Gasteiger partial charge is 0.222 e. The third kappa shape index (κ3) is 1.98. The van der Waals surface area contributed by atoms with Gasteiger partial charge in [-0.15, -0.1) is 0 Å². The maximum absolute atomic E-state index is 11.0. The average Bonchev–Trinajstić information content (AvgIpc) is 2.78. The SMILES string of the molecule is N#Cc1ccc(N2CCC(C(N)=O)C2)cc1. The van der Waals surface area contributed by atoms with Crippen molar-refractivity contribution in [3.63, 3.8) is 0 Å². The minimum Gasteiger partial charge on any atom is -0.371 e. The third-order valence-corrected chi connectivity index (χ3v) is 2.95. The van der Waals surface area contributed by atoms with Gasteiger partial charge in [-0.2, -0.15) is 5.26 Å². The monoisotopic (exact) mass is 215 g/mol. The fraction of sp³-hybridized carbons (Fsp3) is 0.333. The van der Waals surface area contributed by atoms with E-state index in [1.54, 1.807) is 12.1 Å². The predicted molar refractivity (Wildman–Crippen MR) is 60.7 cm³/mol. The summed E-state index contributed by atoms with van der Waals surface area (Å²) in [6.07, 6.45) is 0.815. The van der Waals surface area contributed by atoms with E-state index in [0.29, 0.717) is 12.1 Å². The highest BCUT2D eigenvalue weighted by Gasteiger charge is 2.26. The topological polar surface area (TPSA) is 70.1 Å². The third-order valence-electron chi connectivity index (χ3n) is 2.95. The quantitative estimate of drug-likeness (QED) is 0.795. The Balaban J connectivity index is 2.09. The fourth-order valence-electron chi connectivity index (χ4n) is 1.97. The van der Waals surface area contributed by atoms with Gasteiger partial charge in [0.1, 0.15) is 0 Å². The number of carbonyl (C=O) groups excluding carboxylic acids is 1. The lowest BCUT2D eigenvalue weighted by molar-refractivity contribution is -0.121. The first kappa shape index (κ1) is 10.5. The van der Waals surface area contributed by atoms with Gasteiger partial charge in [0.05, 0.1) is 17.6 Å². The normalized spacial score (nSPS) is 19.4. The fourth-order valence-corrected chi connectivity index (χ4v) is 1.97. The van der Waals surface area contributed by atoms with E-state index >= 15 is 0 Å². The zero-order valence-electron chi connectivity index (χ0n) is 8.89. The molecule has 1 amide bonds. The van der Waals surface area contributed by atoms with Gasteiger partial charge in [-0.25, -0.2) is 0 Å². The van der Waals surface area contributed by atoms with Crippen LogP contribution in [-0.4, -0.2) is 19.0 Å². The van der Waals surface area contributed by atoms with E-state index in [1.807, 2.05) is 12.1 Å². The molecule has 2 rings (SSSR count). The van der Waals surface area contributed by atoms with Crippen LogP contribution in [0.2, 0.25) is 0 Å². The number of primary amides is 1. The van der Waals surface area contributed by atoms with Crippen LogP contribution in [0.15, 0.2) is 24.3 Å². The molecule has 2 N–H and O–H groups in total. The van der Waals surface area contributed by atoms with Gasteiger partial charge < -0.3 is 10.6 Å². The summed E-state index contributed by atoms with van der Waals surface area (Å²) >= 11 is 0. The van der Waals surface area contributed by atoms with Crippen molar-refractivity contribution in [2.24, 2.45) is 11.7 Å². The number of hydrogen-bond acceptors (Lipinski definition) is 3. The molecule has 4 nitrogen and oxygen atoms in total. The Kier molecular flexibility index (Phi) is 2.78. The van der Waals surface area contributed by atoms with E-state index < -0.39 is 0 Å². The van der Waals surface area contributed by atoms with Crippen LogP contribution in [0.3, 0.4) is 0 Å². The highest BCUT2D eigenvalue weighted by atomic mass is 16.1. The molecule has 0 spiro atoms. The lowest BCUT2D eigenvalue weighted by atomic mass is 10.1. The Bertz CT molecular complexity index is 433. The van der Waals surface area contributed by atoms with E-state index in [-0.39, 0.29) is 11.8 Å². The Morgan fingerprint density at radius 2 is 2.12 bits per heavy atom. The standard InChI is InChI=1S/C12H13N3O/c13-7-9-1-3-11(4-2-9)15-6-5-10(8-15)12(14)16/h1-4,10H,5-6,8H2,(H2,14,16).